The molecule has 2 aliphatic rings. The standard InChI is InChI=1S/C24H30N2O.ClH/c27-24(23-12-7-15-26(23)19-22-10-5-2-6-11-22)25-16-13-21(14-17-25)18-20-8-3-1-4-9-20;/h1-6,8-11,21,23H,7,12-19H2;1H/t23-;/m1./s1. The van der Waals surface area contributed by atoms with Crippen molar-refractivity contribution in [3.05, 3.63) is 71.8 Å². The predicted molar refractivity (Wildman–Crippen MR) is 117 cm³/mol. The molecule has 2 aromatic rings. The van der Waals surface area contributed by atoms with Crippen molar-refractivity contribution in [3.8, 4) is 0 Å². The maximum absolute atomic E-state index is 13.2. The lowest BCUT2D eigenvalue weighted by molar-refractivity contribution is -0.137. The summed E-state index contributed by atoms with van der Waals surface area (Å²) in [5, 5.41) is 0. The number of likely N-dealkylation sites (tertiary alicyclic amines) is 2. The molecule has 28 heavy (non-hydrogen) atoms. The molecule has 2 aliphatic heterocycles. The van der Waals surface area contributed by atoms with Gasteiger partial charge in [-0.25, -0.2) is 0 Å². The van der Waals surface area contributed by atoms with Crippen molar-refractivity contribution in [2.75, 3.05) is 19.6 Å². The van der Waals surface area contributed by atoms with Gasteiger partial charge < -0.3 is 4.90 Å². The summed E-state index contributed by atoms with van der Waals surface area (Å²) >= 11 is 0. The third-order valence-corrected chi connectivity index (χ3v) is 6.17. The van der Waals surface area contributed by atoms with E-state index in [0.29, 0.717) is 11.8 Å². The number of carbonyl (C=O) groups is 1. The Kier molecular flexibility index (Phi) is 7.52. The lowest BCUT2D eigenvalue weighted by Gasteiger charge is -2.35. The van der Waals surface area contributed by atoms with E-state index in [-0.39, 0.29) is 18.4 Å². The summed E-state index contributed by atoms with van der Waals surface area (Å²) in [6.45, 7) is 3.77. The van der Waals surface area contributed by atoms with Gasteiger partial charge in [-0.1, -0.05) is 60.7 Å². The lowest BCUT2D eigenvalue weighted by atomic mass is 9.90. The molecule has 4 rings (SSSR count). The fourth-order valence-corrected chi connectivity index (χ4v) is 4.63. The van der Waals surface area contributed by atoms with Crippen LogP contribution in [0.2, 0.25) is 0 Å². The van der Waals surface area contributed by atoms with E-state index in [2.05, 4.69) is 70.5 Å². The number of hydrogen-bond acceptors (Lipinski definition) is 2. The van der Waals surface area contributed by atoms with Crippen LogP contribution < -0.4 is 0 Å². The topological polar surface area (TPSA) is 23.6 Å². The maximum Gasteiger partial charge on any atom is 0.239 e. The number of amides is 1. The van der Waals surface area contributed by atoms with Crippen molar-refractivity contribution in [1.82, 2.24) is 9.80 Å². The first-order valence-corrected chi connectivity index (χ1v) is 10.4. The number of hydrogen-bond donors (Lipinski definition) is 0. The predicted octanol–water partition coefficient (Wildman–Crippen LogP) is 4.55. The second kappa shape index (κ2) is 10.1. The molecule has 1 atom stereocenters. The minimum Gasteiger partial charge on any atom is -0.341 e. The van der Waals surface area contributed by atoms with Gasteiger partial charge in [0, 0.05) is 19.6 Å². The second-order valence-corrected chi connectivity index (χ2v) is 8.07. The number of carbonyl (C=O) groups excluding carboxylic acids is 1. The van der Waals surface area contributed by atoms with E-state index >= 15 is 0 Å². The van der Waals surface area contributed by atoms with E-state index in [1.165, 1.54) is 11.1 Å². The number of piperidine rings is 1. The molecule has 150 valence electrons. The van der Waals surface area contributed by atoms with E-state index in [1.54, 1.807) is 0 Å². The van der Waals surface area contributed by atoms with Crippen LogP contribution in [0.15, 0.2) is 60.7 Å². The van der Waals surface area contributed by atoms with Crippen LogP contribution in [0.3, 0.4) is 0 Å². The van der Waals surface area contributed by atoms with Gasteiger partial charge in [-0.2, -0.15) is 0 Å². The van der Waals surface area contributed by atoms with Gasteiger partial charge in [0.15, 0.2) is 0 Å². The largest absolute Gasteiger partial charge is 0.341 e. The van der Waals surface area contributed by atoms with Gasteiger partial charge in [0.05, 0.1) is 6.04 Å². The lowest BCUT2D eigenvalue weighted by Crippen LogP contribution is -2.48. The summed E-state index contributed by atoms with van der Waals surface area (Å²) in [5.41, 5.74) is 2.73. The monoisotopic (exact) mass is 398 g/mol. The molecule has 0 saturated carbocycles. The smallest absolute Gasteiger partial charge is 0.239 e. The van der Waals surface area contributed by atoms with E-state index in [4.69, 9.17) is 0 Å². The zero-order chi connectivity index (χ0) is 18.5. The molecular weight excluding hydrogens is 368 g/mol. The molecule has 0 N–H and O–H groups in total. The number of benzene rings is 2. The summed E-state index contributed by atoms with van der Waals surface area (Å²) in [7, 11) is 0. The van der Waals surface area contributed by atoms with Crippen LogP contribution in [0.25, 0.3) is 0 Å². The van der Waals surface area contributed by atoms with Crippen molar-refractivity contribution < 1.29 is 4.79 Å². The molecule has 0 aromatic heterocycles. The Hall–Kier alpha value is -1.84. The van der Waals surface area contributed by atoms with Crippen LogP contribution in [0.4, 0.5) is 0 Å². The number of rotatable bonds is 5. The van der Waals surface area contributed by atoms with Crippen LogP contribution in [0, 0.1) is 5.92 Å². The van der Waals surface area contributed by atoms with Gasteiger partial charge in [-0.05, 0) is 55.7 Å². The van der Waals surface area contributed by atoms with Crippen LogP contribution >= 0.6 is 12.4 Å². The maximum atomic E-state index is 13.2. The fourth-order valence-electron chi connectivity index (χ4n) is 4.63. The minimum absolute atomic E-state index is 0. The molecule has 3 nitrogen and oxygen atoms in total. The molecule has 2 aromatic carbocycles. The SMILES string of the molecule is Cl.O=C([C@H]1CCCN1Cc1ccccc1)N1CCC(Cc2ccccc2)CC1. The van der Waals surface area contributed by atoms with Crippen molar-refractivity contribution in [2.24, 2.45) is 5.92 Å². The first-order chi connectivity index (χ1) is 13.3. The van der Waals surface area contributed by atoms with Gasteiger partial charge >= 0.3 is 0 Å². The Labute approximate surface area is 175 Å². The molecule has 2 fully saturated rings. The van der Waals surface area contributed by atoms with Crippen molar-refractivity contribution >= 4 is 18.3 Å². The summed E-state index contributed by atoms with van der Waals surface area (Å²) in [5.74, 6) is 1.07. The zero-order valence-electron chi connectivity index (χ0n) is 16.5. The minimum atomic E-state index is 0. The molecule has 4 heteroatoms. The van der Waals surface area contributed by atoms with E-state index < -0.39 is 0 Å². The summed E-state index contributed by atoms with van der Waals surface area (Å²) in [4.78, 5) is 17.7. The second-order valence-electron chi connectivity index (χ2n) is 8.07. The zero-order valence-corrected chi connectivity index (χ0v) is 17.3. The molecule has 0 spiro atoms. The van der Waals surface area contributed by atoms with Gasteiger partial charge in [0.2, 0.25) is 5.91 Å². The Morgan fingerprint density at radius 2 is 1.43 bits per heavy atom. The first-order valence-electron chi connectivity index (χ1n) is 10.4. The summed E-state index contributed by atoms with van der Waals surface area (Å²) in [6, 6.07) is 21.4. The average Bonchev–Trinajstić information content (AvgIpc) is 3.18. The molecule has 1 amide bonds. The Balaban J connectivity index is 0.00000225. The van der Waals surface area contributed by atoms with Gasteiger partial charge in [-0.15, -0.1) is 12.4 Å². The van der Waals surface area contributed by atoms with Crippen molar-refractivity contribution in [1.29, 1.82) is 0 Å². The third-order valence-electron chi connectivity index (χ3n) is 6.17. The quantitative estimate of drug-likeness (QED) is 0.737. The molecule has 2 saturated heterocycles. The number of halogens is 1. The molecule has 2 heterocycles. The van der Waals surface area contributed by atoms with Gasteiger partial charge in [0.25, 0.3) is 0 Å². The van der Waals surface area contributed by atoms with Crippen molar-refractivity contribution in [3.63, 3.8) is 0 Å². The van der Waals surface area contributed by atoms with Crippen molar-refractivity contribution in [2.45, 2.75) is 44.7 Å². The van der Waals surface area contributed by atoms with Crippen LogP contribution in [0.1, 0.15) is 36.8 Å². The molecule has 0 unspecified atom stereocenters. The fraction of sp³-hybridized carbons (Fsp3) is 0.458. The van der Waals surface area contributed by atoms with Gasteiger partial charge in [-0.3, -0.25) is 9.69 Å². The van der Waals surface area contributed by atoms with Gasteiger partial charge in [0.1, 0.15) is 0 Å². The van der Waals surface area contributed by atoms with E-state index in [9.17, 15) is 4.79 Å². The summed E-state index contributed by atoms with van der Waals surface area (Å²) in [6.07, 6.45) is 5.55. The number of nitrogens with zero attached hydrogens (tertiary/aromatic N) is 2. The highest BCUT2D eigenvalue weighted by atomic mass is 35.5. The Morgan fingerprint density at radius 1 is 0.821 bits per heavy atom. The molecular formula is C24H31ClN2O. The van der Waals surface area contributed by atoms with E-state index in [0.717, 1.165) is 58.3 Å². The summed E-state index contributed by atoms with van der Waals surface area (Å²) < 4.78 is 0. The molecule has 0 radical (unpaired) electrons. The average molecular weight is 399 g/mol. The molecule has 0 bridgehead atoms. The first kappa shape index (κ1) is 20.9. The Morgan fingerprint density at radius 3 is 2.07 bits per heavy atom. The third kappa shape index (κ3) is 5.15. The highest BCUT2D eigenvalue weighted by molar-refractivity contribution is 5.85. The highest BCUT2D eigenvalue weighted by Gasteiger charge is 2.34. The van der Waals surface area contributed by atoms with Crippen LogP contribution in [0.5, 0.6) is 0 Å². The van der Waals surface area contributed by atoms with Crippen LogP contribution in [-0.4, -0.2) is 41.4 Å². The van der Waals surface area contributed by atoms with E-state index in [1.807, 2.05) is 0 Å². The normalized spacial score (nSPS) is 20.7. The van der Waals surface area contributed by atoms with Crippen LogP contribution in [-0.2, 0) is 17.8 Å². The highest BCUT2D eigenvalue weighted by Crippen LogP contribution is 2.26. The Bertz CT molecular complexity index is 729. The molecule has 0 aliphatic carbocycles.